The van der Waals surface area contributed by atoms with E-state index in [9.17, 15) is 4.79 Å². The zero-order chi connectivity index (χ0) is 20.0. The maximum Gasteiger partial charge on any atom is 0.222 e. The van der Waals surface area contributed by atoms with Gasteiger partial charge in [0.2, 0.25) is 5.91 Å². The first-order valence-corrected chi connectivity index (χ1v) is 10.7. The molecule has 28 heavy (non-hydrogen) atoms. The standard InChI is InChI=1S/C23H36N2O3/c1-19-5-6-21(17-20(19)2)28-16-14-24-12-9-23(10-13-24)8-7-22(26)25(18-23)11-4-15-27-3/h5-6,17H,4,7-16,18H2,1-3H3. The van der Waals surface area contributed by atoms with E-state index in [1.54, 1.807) is 7.11 Å². The van der Waals surface area contributed by atoms with Crippen LogP contribution in [0.25, 0.3) is 0 Å². The van der Waals surface area contributed by atoms with Crippen LogP contribution in [0, 0.1) is 19.3 Å². The Kier molecular flexibility index (Phi) is 7.36. The summed E-state index contributed by atoms with van der Waals surface area (Å²) in [6, 6.07) is 6.31. The average Bonchev–Trinajstić information content (AvgIpc) is 2.69. The Hall–Kier alpha value is -1.59. The minimum atomic E-state index is 0.325. The van der Waals surface area contributed by atoms with Gasteiger partial charge < -0.3 is 14.4 Å². The summed E-state index contributed by atoms with van der Waals surface area (Å²) in [5.41, 5.74) is 2.90. The van der Waals surface area contributed by atoms with Crippen LogP contribution in [0.2, 0.25) is 0 Å². The number of hydrogen-bond acceptors (Lipinski definition) is 4. The van der Waals surface area contributed by atoms with E-state index in [2.05, 4.69) is 41.8 Å². The zero-order valence-corrected chi connectivity index (χ0v) is 17.8. The molecule has 0 saturated carbocycles. The van der Waals surface area contributed by atoms with E-state index in [1.165, 1.54) is 24.0 Å². The molecule has 1 spiro atoms. The molecule has 0 unspecified atom stereocenters. The number of ether oxygens (including phenoxy) is 2. The molecule has 3 rings (SSSR count). The van der Waals surface area contributed by atoms with Gasteiger partial charge in [0.05, 0.1) is 0 Å². The first-order valence-electron chi connectivity index (χ1n) is 10.7. The summed E-state index contributed by atoms with van der Waals surface area (Å²) in [6.07, 6.45) is 5.07. The Balaban J connectivity index is 1.42. The van der Waals surface area contributed by atoms with Gasteiger partial charge in [0, 0.05) is 39.8 Å². The molecule has 0 aliphatic carbocycles. The van der Waals surface area contributed by atoms with Gasteiger partial charge in [-0.15, -0.1) is 0 Å². The van der Waals surface area contributed by atoms with Gasteiger partial charge in [-0.2, -0.15) is 0 Å². The minimum absolute atomic E-state index is 0.325. The van der Waals surface area contributed by atoms with Crippen molar-refractivity contribution < 1.29 is 14.3 Å². The predicted molar refractivity (Wildman–Crippen MR) is 112 cm³/mol. The molecule has 2 fully saturated rings. The molecule has 1 aromatic carbocycles. The van der Waals surface area contributed by atoms with E-state index in [1.807, 2.05) is 0 Å². The van der Waals surface area contributed by atoms with Gasteiger partial charge >= 0.3 is 0 Å². The van der Waals surface area contributed by atoms with Gasteiger partial charge in [0.15, 0.2) is 0 Å². The van der Waals surface area contributed by atoms with Crippen molar-refractivity contribution in [1.82, 2.24) is 9.80 Å². The number of hydrogen-bond donors (Lipinski definition) is 0. The van der Waals surface area contributed by atoms with Crippen molar-refractivity contribution in [2.24, 2.45) is 5.41 Å². The maximum absolute atomic E-state index is 12.3. The number of rotatable bonds is 8. The van der Waals surface area contributed by atoms with Crippen LogP contribution < -0.4 is 4.74 Å². The molecule has 0 bridgehead atoms. The fraction of sp³-hybridized carbons (Fsp3) is 0.696. The van der Waals surface area contributed by atoms with Crippen LogP contribution in [0.1, 0.15) is 43.2 Å². The van der Waals surface area contributed by atoms with Gasteiger partial charge in [-0.05, 0) is 81.3 Å². The van der Waals surface area contributed by atoms with E-state index in [0.29, 0.717) is 17.7 Å². The SMILES string of the molecule is COCCCN1CC2(CCC1=O)CCN(CCOc1ccc(C)c(C)c1)CC2. The second kappa shape index (κ2) is 9.75. The third-order valence-corrected chi connectivity index (χ3v) is 6.60. The van der Waals surface area contributed by atoms with Crippen molar-refractivity contribution in [2.45, 2.75) is 46.0 Å². The Labute approximate surface area is 170 Å². The molecular weight excluding hydrogens is 352 g/mol. The molecule has 1 amide bonds. The highest BCUT2D eigenvalue weighted by Gasteiger charge is 2.40. The van der Waals surface area contributed by atoms with Crippen LogP contribution in [0.15, 0.2) is 18.2 Å². The first-order chi connectivity index (χ1) is 13.5. The van der Waals surface area contributed by atoms with Crippen LogP contribution in [0.5, 0.6) is 5.75 Å². The van der Waals surface area contributed by atoms with Gasteiger partial charge in [0.1, 0.15) is 12.4 Å². The fourth-order valence-electron chi connectivity index (χ4n) is 4.46. The summed E-state index contributed by atoms with van der Waals surface area (Å²) in [4.78, 5) is 16.9. The highest BCUT2D eigenvalue weighted by atomic mass is 16.5. The van der Waals surface area contributed by atoms with Crippen LogP contribution in [0.4, 0.5) is 0 Å². The summed E-state index contributed by atoms with van der Waals surface area (Å²) < 4.78 is 11.1. The molecule has 0 aromatic heterocycles. The molecule has 0 radical (unpaired) electrons. The molecule has 5 nitrogen and oxygen atoms in total. The summed E-state index contributed by atoms with van der Waals surface area (Å²) in [5, 5.41) is 0. The second-order valence-electron chi connectivity index (χ2n) is 8.60. The number of carbonyl (C=O) groups is 1. The number of methoxy groups -OCH3 is 1. The van der Waals surface area contributed by atoms with Gasteiger partial charge in [-0.3, -0.25) is 9.69 Å². The number of amides is 1. The number of nitrogens with zero attached hydrogens (tertiary/aromatic N) is 2. The predicted octanol–water partition coefficient (Wildman–Crippen LogP) is 3.42. The van der Waals surface area contributed by atoms with E-state index < -0.39 is 0 Å². The summed E-state index contributed by atoms with van der Waals surface area (Å²) in [6.45, 7) is 10.7. The Bertz CT molecular complexity index is 653. The highest BCUT2D eigenvalue weighted by Crippen LogP contribution is 2.40. The van der Waals surface area contributed by atoms with Crippen LogP contribution in [0.3, 0.4) is 0 Å². The molecule has 2 aliphatic heterocycles. The molecule has 2 heterocycles. The van der Waals surface area contributed by atoms with Crippen molar-refractivity contribution in [1.29, 1.82) is 0 Å². The number of carbonyl (C=O) groups excluding carboxylic acids is 1. The largest absolute Gasteiger partial charge is 0.492 e. The first kappa shape index (κ1) is 21.1. The monoisotopic (exact) mass is 388 g/mol. The molecule has 5 heteroatoms. The summed E-state index contributed by atoms with van der Waals surface area (Å²) >= 11 is 0. The third-order valence-electron chi connectivity index (χ3n) is 6.60. The van der Waals surface area contributed by atoms with Crippen molar-refractivity contribution in [2.75, 3.05) is 53.0 Å². The van der Waals surface area contributed by atoms with E-state index in [-0.39, 0.29) is 0 Å². The number of likely N-dealkylation sites (tertiary alicyclic amines) is 2. The lowest BCUT2D eigenvalue weighted by molar-refractivity contribution is -0.139. The molecular formula is C23H36N2O3. The smallest absolute Gasteiger partial charge is 0.222 e. The Morgan fingerprint density at radius 2 is 1.82 bits per heavy atom. The molecule has 0 N–H and O–H groups in total. The van der Waals surface area contributed by atoms with Gasteiger partial charge in [0.25, 0.3) is 0 Å². The molecule has 0 atom stereocenters. The quantitative estimate of drug-likeness (QED) is 0.640. The second-order valence-corrected chi connectivity index (χ2v) is 8.60. The van der Waals surface area contributed by atoms with Gasteiger partial charge in [-0.1, -0.05) is 6.07 Å². The fourth-order valence-corrected chi connectivity index (χ4v) is 4.46. The number of aryl methyl sites for hydroxylation is 2. The molecule has 1 aromatic rings. The lowest BCUT2D eigenvalue weighted by Crippen LogP contribution is -2.52. The van der Waals surface area contributed by atoms with E-state index >= 15 is 0 Å². The summed E-state index contributed by atoms with van der Waals surface area (Å²) in [5.74, 6) is 1.29. The van der Waals surface area contributed by atoms with Crippen molar-refractivity contribution in [3.05, 3.63) is 29.3 Å². The van der Waals surface area contributed by atoms with Crippen molar-refractivity contribution >= 4 is 5.91 Å². The van der Waals surface area contributed by atoms with E-state index in [0.717, 1.165) is 64.5 Å². The Morgan fingerprint density at radius 1 is 1.04 bits per heavy atom. The van der Waals surface area contributed by atoms with E-state index in [4.69, 9.17) is 9.47 Å². The lowest BCUT2D eigenvalue weighted by atomic mass is 9.72. The highest BCUT2D eigenvalue weighted by molar-refractivity contribution is 5.77. The topological polar surface area (TPSA) is 42.0 Å². The van der Waals surface area contributed by atoms with Crippen LogP contribution >= 0.6 is 0 Å². The Morgan fingerprint density at radius 3 is 2.54 bits per heavy atom. The van der Waals surface area contributed by atoms with Crippen molar-refractivity contribution in [3.8, 4) is 5.75 Å². The summed E-state index contributed by atoms with van der Waals surface area (Å²) in [7, 11) is 1.72. The maximum atomic E-state index is 12.3. The lowest BCUT2D eigenvalue weighted by Gasteiger charge is -2.47. The van der Waals surface area contributed by atoms with Crippen LogP contribution in [-0.4, -0.2) is 68.8 Å². The normalized spacial score (nSPS) is 20.0. The number of benzene rings is 1. The van der Waals surface area contributed by atoms with Crippen molar-refractivity contribution in [3.63, 3.8) is 0 Å². The van der Waals surface area contributed by atoms with Gasteiger partial charge in [-0.25, -0.2) is 0 Å². The average molecular weight is 389 g/mol. The minimum Gasteiger partial charge on any atom is -0.492 e. The third kappa shape index (κ3) is 5.48. The zero-order valence-electron chi connectivity index (χ0n) is 17.8. The molecule has 2 saturated heterocycles. The van der Waals surface area contributed by atoms with Crippen LogP contribution in [-0.2, 0) is 9.53 Å². The number of piperidine rings is 2. The molecule has 156 valence electrons. The molecule has 2 aliphatic rings.